The number of rotatable bonds is 2. The molecule has 100 valence electrons. The Kier molecular flexibility index (Phi) is 3.28. The Morgan fingerprint density at radius 1 is 1.15 bits per heavy atom. The zero-order valence-electron chi connectivity index (χ0n) is 10.5. The van der Waals surface area contributed by atoms with Gasteiger partial charge in [-0.15, -0.1) is 0 Å². The molecule has 0 spiro atoms. The summed E-state index contributed by atoms with van der Waals surface area (Å²) >= 11 is 5.52. The number of halogens is 1. The molecule has 0 aromatic heterocycles. The Hall–Kier alpha value is -2.13. The number of esters is 1. The zero-order chi connectivity index (χ0) is 14.1. The summed E-state index contributed by atoms with van der Waals surface area (Å²) in [4.78, 5) is 23.0. The van der Waals surface area contributed by atoms with E-state index in [0.717, 1.165) is 11.1 Å². The fraction of sp³-hybridized carbons (Fsp3) is 0.125. The maximum atomic E-state index is 11.7. The maximum Gasteiger partial charge on any atom is 0.312 e. The highest BCUT2D eigenvalue weighted by Gasteiger charge is 2.28. The van der Waals surface area contributed by atoms with Crippen molar-refractivity contribution in [3.05, 3.63) is 65.2 Å². The SMILES string of the molecule is O=C1CC(c2ccccc2)c2cc(C(=O)Cl)ccc2O1. The summed E-state index contributed by atoms with van der Waals surface area (Å²) in [5, 5.41) is -0.517. The molecule has 1 atom stereocenters. The first kappa shape index (κ1) is 12.9. The summed E-state index contributed by atoms with van der Waals surface area (Å²) in [6.07, 6.45) is 0.261. The monoisotopic (exact) mass is 286 g/mol. The third-order valence-electron chi connectivity index (χ3n) is 3.41. The molecular formula is C16H11ClO3. The number of hydrogen-bond acceptors (Lipinski definition) is 3. The quantitative estimate of drug-likeness (QED) is 0.482. The van der Waals surface area contributed by atoms with Crippen LogP contribution in [0, 0.1) is 0 Å². The van der Waals surface area contributed by atoms with Gasteiger partial charge in [-0.3, -0.25) is 9.59 Å². The van der Waals surface area contributed by atoms with Crippen LogP contribution in [0.15, 0.2) is 48.5 Å². The van der Waals surface area contributed by atoms with Crippen molar-refractivity contribution < 1.29 is 14.3 Å². The molecule has 0 saturated carbocycles. The fourth-order valence-electron chi connectivity index (χ4n) is 2.46. The van der Waals surface area contributed by atoms with Gasteiger partial charge in [0.1, 0.15) is 5.75 Å². The van der Waals surface area contributed by atoms with Crippen molar-refractivity contribution in [1.82, 2.24) is 0 Å². The lowest BCUT2D eigenvalue weighted by Gasteiger charge is -2.25. The Morgan fingerprint density at radius 3 is 2.60 bits per heavy atom. The van der Waals surface area contributed by atoms with Gasteiger partial charge in [0.2, 0.25) is 0 Å². The number of carbonyl (C=O) groups excluding carboxylic acids is 2. The highest BCUT2D eigenvalue weighted by molar-refractivity contribution is 6.67. The van der Waals surface area contributed by atoms with E-state index in [2.05, 4.69) is 0 Å². The second-order valence-corrected chi connectivity index (χ2v) is 5.01. The molecule has 0 fully saturated rings. The molecular weight excluding hydrogens is 276 g/mol. The first-order valence-corrected chi connectivity index (χ1v) is 6.62. The topological polar surface area (TPSA) is 43.4 Å². The molecule has 1 aliphatic rings. The molecule has 0 aliphatic carbocycles. The van der Waals surface area contributed by atoms with Crippen LogP contribution < -0.4 is 4.74 Å². The Morgan fingerprint density at radius 2 is 1.90 bits per heavy atom. The molecule has 3 rings (SSSR count). The van der Waals surface area contributed by atoms with Gasteiger partial charge in [0, 0.05) is 17.0 Å². The lowest BCUT2D eigenvalue weighted by molar-refractivity contribution is -0.135. The normalized spacial score (nSPS) is 17.2. The zero-order valence-corrected chi connectivity index (χ0v) is 11.3. The van der Waals surface area contributed by atoms with Crippen LogP contribution in [-0.2, 0) is 4.79 Å². The standard InChI is InChI=1S/C16H11ClO3/c17-16(19)11-6-7-14-13(8-11)12(9-15(18)20-14)10-4-2-1-3-5-10/h1-8,12H,9H2. The second kappa shape index (κ2) is 5.10. The number of carbonyl (C=O) groups is 2. The Labute approximate surface area is 121 Å². The molecule has 2 aromatic carbocycles. The summed E-state index contributed by atoms with van der Waals surface area (Å²) in [5.74, 6) is 0.122. The van der Waals surface area contributed by atoms with Gasteiger partial charge in [0.15, 0.2) is 0 Å². The summed E-state index contributed by atoms with van der Waals surface area (Å²) < 4.78 is 5.22. The molecule has 0 bridgehead atoms. The van der Waals surface area contributed by atoms with Crippen molar-refractivity contribution in [2.24, 2.45) is 0 Å². The van der Waals surface area contributed by atoms with Crippen molar-refractivity contribution in [3.63, 3.8) is 0 Å². The molecule has 0 N–H and O–H groups in total. The van der Waals surface area contributed by atoms with Crippen LogP contribution in [-0.4, -0.2) is 11.2 Å². The van der Waals surface area contributed by atoms with E-state index in [0.29, 0.717) is 11.3 Å². The van der Waals surface area contributed by atoms with Gasteiger partial charge in [-0.05, 0) is 35.4 Å². The first-order chi connectivity index (χ1) is 9.65. The molecule has 0 saturated heterocycles. The van der Waals surface area contributed by atoms with Gasteiger partial charge in [-0.25, -0.2) is 0 Å². The van der Waals surface area contributed by atoms with E-state index < -0.39 is 5.24 Å². The second-order valence-electron chi connectivity index (χ2n) is 4.67. The maximum absolute atomic E-state index is 11.7. The number of benzene rings is 2. The van der Waals surface area contributed by atoms with Crippen LogP contribution in [0.1, 0.15) is 33.8 Å². The Bertz CT molecular complexity index is 679. The lowest BCUT2D eigenvalue weighted by atomic mass is 9.86. The van der Waals surface area contributed by atoms with E-state index in [1.54, 1.807) is 18.2 Å². The van der Waals surface area contributed by atoms with Crippen LogP contribution >= 0.6 is 11.6 Å². The summed E-state index contributed by atoms with van der Waals surface area (Å²) in [7, 11) is 0. The minimum Gasteiger partial charge on any atom is -0.426 e. The minimum atomic E-state index is -0.517. The molecule has 1 aliphatic heterocycles. The molecule has 0 radical (unpaired) electrons. The number of ether oxygens (including phenoxy) is 1. The van der Waals surface area contributed by atoms with Crippen LogP contribution in [0.5, 0.6) is 5.75 Å². The molecule has 2 aromatic rings. The lowest BCUT2D eigenvalue weighted by Crippen LogP contribution is -2.21. The highest BCUT2D eigenvalue weighted by Crippen LogP contribution is 2.39. The first-order valence-electron chi connectivity index (χ1n) is 6.24. The van der Waals surface area contributed by atoms with Gasteiger partial charge in [0.05, 0.1) is 6.42 Å². The summed E-state index contributed by atoms with van der Waals surface area (Å²) in [5.41, 5.74) is 2.25. The van der Waals surface area contributed by atoms with E-state index in [4.69, 9.17) is 16.3 Å². The van der Waals surface area contributed by atoms with Crippen LogP contribution in [0.25, 0.3) is 0 Å². The molecule has 1 unspecified atom stereocenters. The third kappa shape index (κ3) is 2.32. The van der Waals surface area contributed by atoms with Gasteiger partial charge in [-0.1, -0.05) is 30.3 Å². The summed E-state index contributed by atoms with van der Waals surface area (Å²) in [6, 6.07) is 14.6. The number of hydrogen-bond donors (Lipinski definition) is 0. The average molecular weight is 287 g/mol. The third-order valence-corrected chi connectivity index (χ3v) is 3.63. The van der Waals surface area contributed by atoms with E-state index >= 15 is 0 Å². The van der Waals surface area contributed by atoms with Gasteiger partial charge in [0.25, 0.3) is 5.24 Å². The van der Waals surface area contributed by atoms with E-state index in [1.807, 2.05) is 30.3 Å². The summed E-state index contributed by atoms with van der Waals surface area (Å²) in [6.45, 7) is 0. The van der Waals surface area contributed by atoms with E-state index in [9.17, 15) is 9.59 Å². The van der Waals surface area contributed by atoms with Crippen LogP contribution in [0.3, 0.4) is 0 Å². The smallest absolute Gasteiger partial charge is 0.312 e. The largest absolute Gasteiger partial charge is 0.426 e. The fourth-order valence-corrected chi connectivity index (χ4v) is 2.58. The molecule has 0 amide bonds. The molecule has 1 heterocycles. The predicted octanol–water partition coefficient (Wildman–Crippen LogP) is 3.51. The van der Waals surface area contributed by atoms with Crippen molar-refractivity contribution in [1.29, 1.82) is 0 Å². The van der Waals surface area contributed by atoms with Crippen molar-refractivity contribution in [3.8, 4) is 5.75 Å². The van der Waals surface area contributed by atoms with Crippen molar-refractivity contribution in [2.45, 2.75) is 12.3 Å². The van der Waals surface area contributed by atoms with Gasteiger partial charge < -0.3 is 4.74 Å². The van der Waals surface area contributed by atoms with E-state index in [-0.39, 0.29) is 18.3 Å². The molecule has 3 nitrogen and oxygen atoms in total. The highest BCUT2D eigenvalue weighted by atomic mass is 35.5. The average Bonchev–Trinajstić information content (AvgIpc) is 2.46. The van der Waals surface area contributed by atoms with Crippen molar-refractivity contribution in [2.75, 3.05) is 0 Å². The predicted molar refractivity (Wildman–Crippen MR) is 75.2 cm³/mol. The van der Waals surface area contributed by atoms with Crippen molar-refractivity contribution >= 4 is 22.8 Å². The van der Waals surface area contributed by atoms with Crippen LogP contribution in [0.4, 0.5) is 0 Å². The molecule has 4 heteroatoms. The molecule has 20 heavy (non-hydrogen) atoms. The minimum absolute atomic E-state index is 0.108. The van der Waals surface area contributed by atoms with E-state index in [1.165, 1.54) is 0 Å². The van der Waals surface area contributed by atoms with Gasteiger partial charge in [-0.2, -0.15) is 0 Å². The van der Waals surface area contributed by atoms with Gasteiger partial charge >= 0.3 is 5.97 Å². The van der Waals surface area contributed by atoms with Crippen LogP contribution in [0.2, 0.25) is 0 Å². The number of fused-ring (bicyclic) bond motifs is 1. The Balaban J connectivity index is 2.12.